The van der Waals surface area contributed by atoms with Gasteiger partial charge in [0.15, 0.2) is 0 Å². The molecule has 0 saturated carbocycles. The first kappa shape index (κ1) is 13.8. The fraction of sp³-hybridized carbons (Fsp3) is 0.368. The Balaban J connectivity index is 1.50. The highest BCUT2D eigenvalue weighted by Crippen LogP contribution is 2.31. The number of hydrogen-bond donors (Lipinski definition) is 1. The van der Waals surface area contributed by atoms with Crippen molar-refractivity contribution in [2.24, 2.45) is 5.92 Å². The van der Waals surface area contributed by atoms with E-state index in [1.54, 1.807) is 0 Å². The summed E-state index contributed by atoms with van der Waals surface area (Å²) >= 11 is 0. The highest BCUT2D eigenvalue weighted by atomic mass is 16.7. The highest BCUT2D eigenvalue weighted by Gasteiger charge is 2.35. The smallest absolute Gasteiger partial charge is 0.147 e. The summed E-state index contributed by atoms with van der Waals surface area (Å²) in [7, 11) is 0. The molecule has 0 spiro atoms. The molecular formula is C19H22N2O. The molecule has 0 amide bonds. The van der Waals surface area contributed by atoms with Gasteiger partial charge in [-0.25, -0.2) is 0 Å². The van der Waals surface area contributed by atoms with Gasteiger partial charge in [-0.05, 0) is 42.0 Å². The molecule has 0 radical (unpaired) electrons. The van der Waals surface area contributed by atoms with E-state index in [1.165, 1.54) is 11.1 Å². The van der Waals surface area contributed by atoms with Crippen LogP contribution in [0.15, 0.2) is 54.6 Å². The van der Waals surface area contributed by atoms with Crippen LogP contribution in [0.5, 0.6) is 5.75 Å². The lowest BCUT2D eigenvalue weighted by Gasteiger charge is -2.38. The molecule has 2 aliphatic rings. The van der Waals surface area contributed by atoms with Crippen LogP contribution in [0.1, 0.15) is 11.1 Å². The number of nitrogens with one attached hydrogen (secondary N) is 1. The molecule has 1 aliphatic carbocycles. The van der Waals surface area contributed by atoms with Crippen LogP contribution in [-0.4, -0.2) is 30.7 Å². The van der Waals surface area contributed by atoms with E-state index < -0.39 is 0 Å². The SMILES string of the molecule is c1ccc(ON2CCNCC2C2Cc3ccccc3C2)cc1. The molecule has 4 rings (SSSR count). The summed E-state index contributed by atoms with van der Waals surface area (Å²) in [6.07, 6.45) is 2.33. The fourth-order valence-electron chi connectivity index (χ4n) is 3.70. The van der Waals surface area contributed by atoms with Crippen LogP contribution in [0.4, 0.5) is 0 Å². The van der Waals surface area contributed by atoms with Gasteiger partial charge in [-0.3, -0.25) is 0 Å². The molecule has 22 heavy (non-hydrogen) atoms. The molecule has 114 valence electrons. The van der Waals surface area contributed by atoms with Crippen LogP contribution < -0.4 is 10.2 Å². The van der Waals surface area contributed by atoms with Gasteiger partial charge in [-0.15, -0.1) is 5.06 Å². The van der Waals surface area contributed by atoms with E-state index in [0.29, 0.717) is 12.0 Å². The van der Waals surface area contributed by atoms with Crippen LogP contribution in [0.25, 0.3) is 0 Å². The lowest BCUT2D eigenvalue weighted by atomic mass is 9.95. The number of para-hydroxylation sites is 1. The van der Waals surface area contributed by atoms with Crippen LogP contribution >= 0.6 is 0 Å². The summed E-state index contributed by atoms with van der Waals surface area (Å²) < 4.78 is 0. The Hall–Kier alpha value is -1.84. The Labute approximate surface area is 131 Å². The van der Waals surface area contributed by atoms with Crippen molar-refractivity contribution in [1.29, 1.82) is 0 Å². The van der Waals surface area contributed by atoms with Crippen LogP contribution in [0, 0.1) is 5.92 Å². The van der Waals surface area contributed by atoms with Crippen molar-refractivity contribution in [3.63, 3.8) is 0 Å². The molecule has 1 saturated heterocycles. The van der Waals surface area contributed by atoms with Gasteiger partial charge in [0.05, 0.1) is 6.04 Å². The highest BCUT2D eigenvalue weighted by molar-refractivity contribution is 5.32. The van der Waals surface area contributed by atoms with Crippen molar-refractivity contribution in [2.75, 3.05) is 19.6 Å². The monoisotopic (exact) mass is 294 g/mol. The zero-order chi connectivity index (χ0) is 14.8. The second kappa shape index (κ2) is 6.11. The molecule has 3 nitrogen and oxygen atoms in total. The number of rotatable bonds is 3. The predicted molar refractivity (Wildman–Crippen MR) is 87.8 cm³/mol. The Morgan fingerprint density at radius 2 is 1.59 bits per heavy atom. The number of hydrogen-bond acceptors (Lipinski definition) is 3. The summed E-state index contributed by atoms with van der Waals surface area (Å²) in [6, 6.07) is 19.4. The summed E-state index contributed by atoms with van der Waals surface area (Å²) in [5.41, 5.74) is 3.02. The molecule has 3 heteroatoms. The number of fused-ring (bicyclic) bond motifs is 1. The summed E-state index contributed by atoms with van der Waals surface area (Å²) in [4.78, 5) is 6.17. The van der Waals surface area contributed by atoms with E-state index in [9.17, 15) is 0 Å². The Morgan fingerprint density at radius 3 is 2.32 bits per heavy atom. The van der Waals surface area contributed by atoms with Gasteiger partial charge in [0.25, 0.3) is 0 Å². The maximum absolute atomic E-state index is 6.17. The first-order valence-corrected chi connectivity index (χ1v) is 8.17. The average Bonchev–Trinajstić information content (AvgIpc) is 3.00. The van der Waals surface area contributed by atoms with Crippen molar-refractivity contribution in [3.8, 4) is 5.75 Å². The molecule has 1 N–H and O–H groups in total. The quantitative estimate of drug-likeness (QED) is 0.942. The Kier molecular flexibility index (Phi) is 3.83. The largest absolute Gasteiger partial charge is 0.406 e. The standard InChI is InChI=1S/C19H22N2O/c1-2-8-18(9-3-1)22-21-11-10-20-14-19(21)17-12-15-6-4-5-7-16(15)13-17/h1-9,17,19-20H,10-14H2. The number of benzene rings is 2. The van der Waals surface area contributed by atoms with Crippen molar-refractivity contribution in [3.05, 3.63) is 65.7 Å². The molecule has 0 aromatic heterocycles. The lowest BCUT2D eigenvalue weighted by molar-refractivity contribution is -0.121. The molecule has 0 bridgehead atoms. The van der Waals surface area contributed by atoms with Gasteiger partial charge < -0.3 is 10.2 Å². The van der Waals surface area contributed by atoms with Gasteiger partial charge in [0.1, 0.15) is 5.75 Å². The number of hydroxylamine groups is 2. The average molecular weight is 294 g/mol. The van der Waals surface area contributed by atoms with Gasteiger partial charge in [-0.1, -0.05) is 42.5 Å². The van der Waals surface area contributed by atoms with Gasteiger partial charge >= 0.3 is 0 Å². The minimum absolute atomic E-state index is 0.432. The molecule has 2 aromatic carbocycles. The van der Waals surface area contributed by atoms with Crippen molar-refractivity contribution < 1.29 is 4.84 Å². The van der Waals surface area contributed by atoms with Gasteiger partial charge in [0, 0.05) is 19.6 Å². The first-order valence-electron chi connectivity index (χ1n) is 8.17. The van der Waals surface area contributed by atoms with Crippen molar-refractivity contribution >= 4 is 0 Å². The Bertz CT molecular complexity index is 603. The second-order valence-corrected chi connectivity index (χ2v) is 6.25. The van der Waals surface area contributed by atoms with Crippen LogP contribution in [0.2, 0.25) is 0 Å². The second-order valence-electron chi connectivity index (χ2n) is 6.25. The maximum atomic E-state index is 6.17. The lowest BCUT2D eigenvalue weighted by Crippen LogP contribution is -2.55. The summed E-state index contributed by atoms with van der Waals surface area (Å²) in [6.45, 7) is 2.93. The van der Waals surface area contributed by atoms with Gasteiger partial charge in [0.2, 0.25) is 0 Å². The molecule has 1 heterocycles. The molecule has 1 aliphatic heterocycles. The topological polar surface area (TPSA) is 24.5 Å². The van der Waals surface area contributed by atoms with E-state index in [4.69, 9.17) is 4.84 Å². The van der Waals surface area contributed by atoms with Gasteiger partial charge in [-0.2, -0.15) is 0 Å². The maximum Gasteiger partial charge on any atom is 0.147 e. The van der Waals surface area contributed by atoms with E-state index in [2.05, 4.69) is 34.6 Å². The third kappa shape index (κ3) is 2.74. The third-order valence-corrected chi connectivity index (χ3v) is 4.82. The van der Waals surface area contributed by atoms with E-state index in [0.717, 1.165) is 38.2 Å². The van der Waals surface area contributed by atoms with Crippen LogP contribution in [-0.2, 0) is 12.8 Å². The normalized spacial score (nSPS) is 22.5. The summed E-state index contributed by atoms with van der Waals surface area (Å²) in [5, 5.41) is 5.73. The fourth-order valence-corrected chi connectivity index (χ4v) is 3.70. The summed E-state index contributed by atoms with van der Waals surface area (Å²) in [5.74, 6) is 1.57. The molecular weight excluding hydrogens is 272 g/mol. The van der Waals surface area contributed by atoms with E-state index in [-0.39, 0.29) is 0 Å². The zero-order valence-corrected chi connectivity index (χ0v) is 12.7. The molecule has 1 atom stereocenters. The van der Waals surface area contributed by atoms with Crippen molar-refractivity contribution in [2.45, 2.75) is 18.9 Å². The van der Waals surface area contributed by atoms with E-state index >= 15 is 0 Å². The van der Waals surface area contributed by atoms with Crippen molar-refractivity contribution in [1.82, 2.24) is 10.4 Å². The molecule has 2 aromatic rings. The minimum Gasteiger partial charge on any atom is -0.406 e. The Morgan fingerprint density at radius 1 is 0.909 bits per heavy atom. The first-order chi connectivity index (χ1) is 10.9. The minimum atomic E-state index is 0.432. The molecule has 1 unspecified atom stereocenters. The third-order valence-electron chi connectivity index (χ3n) is 4.82. The number of piperazine rings is 1. The molecule has 1 fully saturated rings. The van der Waals surface area contributed by atoms with E-state index in [1.807, 2.05) is 30.3 Å². The van der Waals surface area contributed by atoms with Crippen LogP contribution in [0.3, 0.4) is 0 Å². The predicted octanol–water partition coefficient (Wildman–Crippen LogP) is 2.67. The number of nitrogens with zero attached hydrogens (tertiary/aromatic N) is 1. The zero-order valence-electron chi connectivity index (χ0n) is 12.7.